The molecule has 1 heterocycles. The van der Waals surface area contributed by atoms with Crippen LogP contribution in [0.1, 0.15) is 5.56 Å². The van der Waals surface area contributed by atoms with Gasteiger partial charge in [0.05, 0.1) is 23.2 Å². The van der Waals surface area contributed by atoms with Crippen molar-refractivity contribution in [1.29, 1.82) is 0 Å². The van der Waals surface area contributed by atoms with Crippen LogP contribution in [-0.2, 0) is 17.1 Å². The molecule has 1 aromatic heterocycles. The Balaban J connectivity index is 2.06. The molecule has 0 fully saturated rings. The monoisotopic (exact) mass is 348 g/mol. The number of sulfonamides is 1. The zero-order valence-electron chi connectivity index (χ0n) is 13.4. The van der Waals surface area contributed by atoms with Crippen LogP contribution >= 0.6 is 0 Å². The normalized spacial score (nSPS) is 11.6. The fourth-order valence-electron chi connectivity index (χ4n) is 2.36. The van der Waals surface area contributed by atoms with Gasteiger partial charge in [-0.25, -0.2) is 13.2 Å². The third-order valence-electron chi connectivity index (χ3n) is 3.73. The average Bonchev–Trinajstić information content (AvgIpc) is 2.82. The van der Waals surface area contributed by atoms with E-state index in [0.29, 0.717) is 28.1 Å². The largest absolute Gasteiger partial charge is 0.497 e. The minimum atomic E-state index is -3.79. The van der Waals surface area contributed by atoms with Crippen LogP contribution in [0.15, 0.2) is 50.5 Å². The lowest BCUT2D eigenvalue weighted by molar-refractivity contribution is 0.413. The molecule has 3 aromatic rings. The van der Waals surface area contributed by atoms with E-state index in [1.807, 2.05) is 0 Å². The standard InChI is InChI=1S/C16H16N2O5S/c1-10-7-15-14(18(2)16(19)23-15)9-13(10)17-24(20,21)12-6-4-5-11(8-12)22-3/h4-9,17H,1-3H3. The van der Waals surface area contributed by atoms with E-state index < -0.39 is 15.8 Å². The summed E-state index contributed by atoms with van der Waals surface area (Å²) in [5.41, 5.74) is 1.93. The number of anilines is 1. The highest BCUT2D eigenvalue weighted by molar-refractivity contribution is 7.92. The smallest absolute Gasteiger partial charge is 0.419 e. The maximum absolute atomic E-state index is 12.6. The summed E-state index contributed by atoms with van der Waals surface area (Å²) in [5.74, 6) is -0.0560. The Morgan fingerprint density at radius 3 is 2.67 bits per heavy atom. The van der Waals surface area contributed by atoms with Gasteiger partial charge in [0.15, 0.2) is 5.58 Å². The first-order chi connectivity index (χ1) is 11.3. The summed E-state index contributed by atoms with van der Waals surface area (Å²) in [4.78, 5) is 11.7. The molecule has 0 unspecified atom stereocenters. The van der Waals surface area contributed by atoms with Crippen LogP contribution in [0.3, 0.4) is 0 Å². The number of benzene rings is 2. The Labute approximate surface area is 138 Å². The average molecular weight is 348 g/mol. The van der Waals surface area contributed by atoms with Crippen molar-refractivity contribution in [1.82, 2.24) is 4.57 Å². The summed E-state index contributed by atoms with van der Waals surface area (Å²) in [6.07, 6.45) is 0. The van der Waals surface area contributed by atoms with Crippen LogP contribution in [0.4, 0.5) is 5.69 Å². The van der Waals surface area contributed by atoms with Crippen LogP contribution in [0.2, 0.25) is 0 Å². The Morgan fingerprint density at radius 1 is 1.21 bits per heavy atom. The number of rotatable bonds is 4. The summed E-state index contributed by atoms with van der Waals surface area (Å²) in [6.45, 7) is 1.73. The number of oxazole rings is 1. The van der Waals surface area contributed by atoms with Crippen molar-refractivity contribution < 1.29 is 17.6 Å². The van der Waals surface area contributed by atoms with Crippen LogP contribution in [0, 0.1) is 6.92 Å². The molecule has 126 valence electrons. The predicted molar refractivity (Wildman–Crippen MR) is 90.0 cm³/mol. The number of fused-ring (bicyclic) bond motifs is 1. The Kier molecular flexibility index (Phi) is 3.84. The second-order valence-electron chi connectivity index (χ2n) is 5.35. The SMILES string of the molecule is COc1cccc(S(=O)(=O)Nc2cc3c(cc2C)oc(=O)n3C)c1. The number of ether oxygens (including phenoxy) is 1. The molecule has 24 heavy (non-hydrogen) atoms. The summed E-state index contributed by atoms with van der Waals surface area (Å²) < 4.78 is 39.2. The van der Waals surface area contributed by atoms with Crippen molar-refractivity contribution in [2.24, 2.45) is 7.05 Å². The lowest BCUT2D eigenvalue weighted by Gasteiger charge is -2.11. The number of hydrogen-bond donors (Lipinski definition) is 1. The topological polar surface area (TPSA) is 90.5 Å². The van der Waals surface area contributed by atoms with E-state index in [2.05, 4.69) is 4.72 Å². The van der Waals surface area contributed by atoms with Gasteiger partial charge in [0.25, 0.3) is 10.0 Å². The summed E-state index contributed by atoms with van der Waals surface area (Å²) in [7, 11) is -0.763. The van der Waals surface area contributed by atoms with Gasteiger partial charge in [0.1, 0.15) is 5.75 Å². The molecular formula is C16H16N2O5S. The molecule has 0 aliphatic rings. The molecule has 0 aliphatic heterocycles. The van der Waals surface area contributed by atoms with E-state index in [0.717, 1.165) is 0 Å². The summed E-state index contributed by atoms with van der Waals surface area (Å²) >= 11 is 0. The van der Waals surface area contributed by atoms with Crippen LogP contribution in [0.5, 0.6) is 5.75 Å². The number of nitrogens with zero attached hydrogens (tertiary/aromatic N) is 1. The van der Waals surface area contributed by atoms with Crippen LogP contribution in [-0.4, -0.2) is 20.1 Å². The second-order valence-corrected chi connectivity index (χ2v) is 7.03. The van der Waals surface area contributed by atoms with E-state index >= 15 is 0 Å². The van der Waals surface area contributed by atoms with Gasteiger partial charge < -0.3 is 9.15 Å². The van der Waals surface area contributed by atoms with E-state index in [9.17, 15) is 13.2 Å². The quantitative estimate of drug-likeness (QED) is 0.781. The molecule has 0 aliphatic carbocycles. The fourth-order valence-corrected chi connectivity index (χ4v) is 3.51. The molecule has 0 bridgehead atoms. The molecule has 8 heteroatoms. The number of aromatic nitrogens is 1. The molecule has 1 N–H and O–H groups in total. The van der Waals surface area contributed by atoms with Gasteiger partial charge in [-0.05, 0) is 36.8 Å². The molecule has 0 atom stereocenters. The number of nitrogens with one attached hydrogen (secondary N) is 1. The van der Waals surface area contributed by atoms with Crippen molar-refractivity contribution >= 4 is 26.8 Å². The molecule has 0 spiro atoms. The third kappa shape index (κ3) is 2.76. The van der Waals surface area contributed by atoms with Crippen molar-refractivity contribution in [2.45, 2.75) is 11.8 Å². The Bertz CT molecular complexity index is 1080. The predicted octanol–water partition coefficient (Wildman–Crippen LogP) is 2.25. The van der Waals surface area contributed by atoms with Crippen molar-refractivity contribution in [3.63, 3.8) is 0 Å². The fraction of sp³-hybridized carbons (Fsp3) is 0.188. The highest BCUT2D eigenvalue weighted by Gasteiger charge is 2.18. The van der Waals surface area contributed by atoms with E-state index in [4.69, 9.17) is 9.15 Å². The van der Waals surface area contributed by atoms with Gasteiger partial charge >= 0.3 is 5.76 Å². The Hall–Kier alpha value is -2.74. The number of aryl methyl sites for hydroxylation is 2. The third-order valence-corrected chi connectivity index (χ3v) is 5.10. The lowest BCUT2D eigenvalue weighted by atomic mass is 10.2. The molecule has 0 radical (unpaired) electrons. The zero-order valence-corrected chi connectivity index (χ0v) is 14.2. The minimum absolute atomic E-state index is 0.0856. The molecule has 0 saturated carbocycles. The first-order valence-electron chi connectivity index (χ1n) is 7.09. The molecule has 0 amide bonds. The van der Waals surface area contributed by atoms with Gasteiger partial charge in [-0.15, -0.1) is 0 Å². The molecule has 0 saturated heterocycles. The summed E-state index contributed by atoms with van der Waals surface area (Å²) in [5, 5.41) is 0. The lowest BCUT2D eigenvalue weighted by Crippen LogP contribution is -2.14. The van der Waals surface area contributed by atoms with E-state index in [1.165, 1.54) is 23.8 Å². The van der Waals surface area contributed by atoms with Gasteiger partial charge in [-0.2, -0.15) is 0 Å². The summed E-state index contributed by atoms with van der Waals surface area (Å²) in [6, 6.07) is 9.38. The molecule has 2 aromatic carbocycles. The molecule has 3 rings (SSSR count). The molecular weight excluding hydrogens is 332 g/mol. The van der Waals surface area contributed by atoms with Crippen molar-refractivity contribution in [2.75, 3.05) is 11.8 Å². The van der Waals surface area contributed by atoms with Gasteiger partial charge in [0.2, 0.25) is 0 Å². The van der Waals surface area contributed by atoms with E-state index in [1.54, 1.807) is 38.2 Å². The van der Waals surface area contributed by atoms with Crippen molar-refractivity contribution in [3.05, 3.63) is 52.5 Å². The number of methoxy groups -OCH3 is 1. The Morgan fingerprint density at radius 2 is 1.96 bits per heavy atom. The van der Waals surface area contributed by atoms with Gasteiger partial charge in [-0.3, -0.25) is 9.29 Å². The van der Waals surface area contributed by atoms with Crippen molar-refractivity contribution in [3.8, 4) is 5.75 Å². The maximum atomic E-state index is 12.6. The molecule has 7 nitrogen and oxygen atoms in total. The minimum Gasteiger partial charge on any atom is -0.497 e. The van der Waals surface area contributed by atoms with Crippen LogP contribution < -0.4 is 15.2 Å². The highest BCUT2D eigenvalue weighted by atomic mass is 32.2. The maximum Gasteiger partial charge on any atom is 0.419 e. The van der Waals surface area contributed by atoms with Crippen LogP contribution in [0.25, 0.3) is 11.1 Å². The first-order valence-corrected chi connectivity index (χ1v) is 8.57. The second kappa shape index (κ2) is 5.72. The van der Waals surface area contributed by atoms with Gasteiger partial charge in [-0.1, -0.05) is 6.07 Å². The first kappa shape index (κ1) is 16.1. The van der Waals surface area contributed by atoms with Gasteiger partial charge in [0, 0.05) is 13.1 Å². The zero-order chi connectivity index (χ0) is 17.5. The van der Waals surface area contributed by atoms with E-state index in [-0.39, 0.29) is 4.90 Å². The number of hydrogen-bond acceptors (Lipinski definition) is 5. The highest BCUT2D eigenvalue weighted by Crippen LogP contribution is 2.26.